The van der Waals surface area contributed by atoms with Gasteiger partial charge in [-0.2, -0.15) is 5.26 Å². The van der Waals surface area contributed by atoms with E-state index in [9.17, 15) is 4.79 Å². The van der Waals surface area contributed by atoms with Crippen LogP contribution in [0.1, 0.15) is 32.3 Å². The molecule has 0 fully saturated rings. The van der Waals surface area contributed by atoms with Crippen LogP contribution in [0.5, 0.6) is 0 Å². The minimum atomic E-state index is -0.915. The molecule has 0 saturated carbocycles. The zero-order valence-electron chi connectivity index (χ0n) is 10.9. The Morgan fingerprint density at radius 2 is 1.89 bits per heavy atom. The lowest BCUT2D eigenvalue weighted by molar-refractivity contribution is -0.156. The van der Waals surface area contributed by atoms with Crippen molar-refractivity contribution in [2.24, 2.45) is 5.73 Å². The molecule has 0 aliphatic heterocycles. The number of esters is 1. The summed E-state index contributed by atoms with van der Waals surface area (Å²) in [6.07, 6.45) is 0. The van der Waals surface area contributed by atoms with E-state index < -0.39 is 23.5 Å². The average Bonchev–Trinajstić information content (AvgIpc) is 2.28. The summed E-state index contributed by atoms with van der Waals surface area (Å²) < 4.78 is 5.31. The highest BCUT2D eigenvalue weighted by Crippen LogP contribution is 2.23. The van der Waals surface area contributed by atoms with E-state index in [-0.39, 0.29) is 0 Å². The van der Waals surface area contributed by atoms with Crippen LogP contribution in [-0.4, -0.2) is 17.6 Å². The molecule has 0 saturated heterocycles. The Morgan fingerprint density at radius 3 is 2.33 bits per heavy atom. The van der Waals surface area contributed by atoms with Crippen molar-refractivity contribution in [2.75, 3.05) is 0 Å². The zero-order valence-corrected chi connectivity index (χ0v) is 10.9. The molecule has 4 heteroatoms. The first-order valence-corrected chi connectivity index (χ1v) is 5.78. The van der Waals surface area contributed by atoms with Crippen LogP contribution in [0.15, 0.2) is 30.3 Å². The third-order valence-corrected chi connectivity index (χ3v) is 2.33. The largest absolute Gasteiger partial charge is 0.459 e. The molecule has 1 aromatic carbocycles. The molecule has 0 spiro atoms. The molecule has 4 nitrogen and oxygen atoms in total. The SMILES string of the molecule is CC(C)(C)OC(=O)[C@@H](c1ccccc1)[C@H](N)C#N. The summed E-state index contributed by atoms with van der Waals surface area (Å²) in [6, 6.07) is 9.98. The molecular weight excluding hydrogens is 228 g/mol. The molecule has 0 aromatic heterocycles. The first-order valence-electron chi connectivity index (χ1n) is 5.78. The van der Waals surface area contributed by atoms with Crippen molar-refractivity contribution >= 4 is 5.97 Å². The third kappa shape index (κ3) is 3.86. The number of carbonyl (C=O) groups is 1. The second-order valence-corrected chi connectivity index (χ2v) is 5.08. The van der Waals surface area contributed by atoms with Gasteiger partial charge in [-0.25, -0.2) is 0 Å². The lowest BCUT2D eigenvalue weighted by atomic mass is 9.92. The average molecular weight is 246 g/mol. The summed E-state index contributed by atoms with van der Waals surface area (Å²) in [6.45, 7) is 5.35. The van der Waals surface area contributed by atoms with Gasteiger partial charge >= 0.3 is 5.97 Å². The van der Waals surface area contributed by atoms with E-state index in [0.717, 1.165) is 0 Å². The Bertz CT molecular complexity index is 443. The Hall–Kier alpha value is -1.86. The van der Waals surface area contributed by atoms with Gasteiger partial charge in [-0.15, -0.1) is 0 Å². The molecule has 1 aromatic rings. The predicted octanol–water partition coefficient (Wildman–Crippen LogP) is 1.96. The maximum absolute atomic E-state index is 12.1. The van der Waals surface area contributed by atoms with Crippen molar-refractivity contribution in [2.45, 2.75) is 38.3 Å². The van der Waals surface area contributed by atoms with E-state index in [2.05, 4.69) is 0 Å². The molecule has 18 heavy (non-hydrogen) atoms. The fourth-order valence-electron chi connectivity index (χ4n) is 1.59. The van der Waals surface area contributed by atoms with Crippen molar-refractivity contribution in [3.63, 3.8) is 0 Å². The second-order valence-electron chi connectivity index (χ2n) is 5.08. The molecule has 0 aliphatic rings. The number of rotatable bonds is 3. The van der Waals surface area contributed by atoms with Crippen molar-refractivity contribution in [3.8, 4) is 6.07 Å². The lowest BCUT2D eigenvalue weighted by Crippen LogP contribution is -2.37. The van der Waals surface area contributed by atoms with Crippen LogP contribution in [0.3, 0.4) is 0 Å². The number of benzene rings is 1. The van der Waals surface area contributed by atoms with E-state index in [1.54, 1.807) is 45.0 Å². The number of hydrogen-bond acceptors (Lipinski definition) is 4. The summed E-state index contributed by atoms with van der Waals surface area (Å²) in [5.41, 5.74) is 5.80. The molecule has 0 radical (unpaired) electrons. The maximum Gasteiger partial charge on any atom is 0.316 e. The number of nitrogens with two attached hydrogens (primary N) is 1. The van der Waals surface area contributed by atoms with Crippen LogP contribution in [-0.2, 0) is 9.53 Å². The van der Waals surface area contributed by atoms with Crippen molar-refractivity contribution in [1.82, 2.24) is 0 Å². The highest BCUT2D eigenvalue weighted by Gasteiger charge is 2.31. The summed E-state index contributed by atoms with van der Waals surface area (Å²) in [7, 11) is 0. The van der Waals surface area contributed by atoms with Crippen molar-refractivity contribution in [3.05, 3.63) is 35.9 Å². The molecule has 2 atom stereocenters. The van der Waals surface area contributed by atoms with Gasteiger partial charge in [-0.1, -0.05) is 30.3 Å². The van der Waals surface area contributed by atoms with Crippen LogP contribution >= 0.6 is 0 Å². The van der Waals surface area contributed by atoms with Crippen molar-refractivity contribution < 1.29 is 9.53 Å². The lowest BCUT2D eigenvalue weighted by Gasteiger charge is -2.25. The van der Waals surface area contributed by atoms with Gasteiger partial charge in [0.1, 0.15) is 17.6 Å². The summed E-state index contributed by atoms with van der Waals surface area (Å²) in [4.78, 5) is 12.1. The Morgan fingerprint density at radius 1 is 1.33 bits per heavy atom. The van der Waals surface area contributed by atoms with Crippen LogP contribution in [0.25, 0.3) is 0 Å². The number of nitriles is 1. The number of nitrogens with zero attached hydrogens (tertiary/aromatic N) is 1. The number of carbonyl (C=O) groups excluding carboxylic acids is 1. The van der Waals surface area contributed by atoms with Gasteiger partial charge in [0.25, 0.3) is 0 Å². The standard InChI is InChI=1S/C14H18N2O2/c1-14(2,3)18-13(17)12(11(16)9-15)10-7-5-4-6-8-10/h4-8,11-12H,16H2,1-3H3/t11-,12+/m1/s1. The highest BCUT2D eigenvalue weighted by atomic mass is 16.6. The van der Waals surface area contributed by atoms with Crippen LogP contribution in [0.4, 0.5) is 0 Å². The van der Waals surface area contributed by atoms with Crippen molar-refractivity contribution in [1.29, 1.82) is 5.26 Å². The molecule has 2 N–H and O–H groups in total. The fourth-order valence-corrected chi connectivity index (χ4v) is 1.59. The van der Waals surface area contributed by atoms with E-state index in [1.165, 1.54) is 0 Å². The van der Waals surface area contributed by atoms with Gasteiger partial charge < -0.3 is 10.5 Å². The monoisotopic (exact) mass is 246 g/mol. The molecule has 1 rings (SSSR count). The first-order chi connectivity index (χ1) is 8.35. The smallest absolute Gasteiger partial charge is 0.316 e. The molecule has 0 aliphatic carbocycles. The maximum atomic E-state index is 12.1. The van der Waals surface area contributed by atoms with E-state index in [1.807, 2.05) is 12.1 Å². The van der Waals surface area contributed by atoms with E-state index in [4.69, 9.17) is 15.7 Å². The minimum absolute atomic E-state index is 0.470. The minimum Gasteiger partial charge on any atom is -0.459 e. The summed E-state index contributed by atoms with van der Waals surface area (Å²) in [5, 5.41) is 8.93. The second kappa shape index (κ2) is 5.65. The van der Waals surface area contributed by atoms with Gasteiger partial charge in [0, 0.05) is 0 Å². The van der Waals surface area contributed by atoms with Gasteiger partial charge in [0.15, 0.2) is 0 Å². The normalized spacial score (nSPS) is 14.4. The Balaban J connectivity index is 3.01. The predicted molar refractivity (Wildman–Crippen MR) is 68.6 cm³/mol. The van der Waals surface area contributed by atoms with E-state index >= 15 is 0 Å². The highest BCUT2D eigenvalue weighted by molar-refractivity contribution is 5.80. The first kappa shape index (κ1) is 14.2. The zero-order chi connectivity index (χ0) is 13.8. The molecule has 0 heterocycles. The molecule has 0 bridgehead atoms. The van der Waals surface area contributed by atoms with Gasteiger partial charge in [-0.05, 0) is 26.3 Å². The quantitative estimate of drug-likeness (QED) is 0.827. The van der Waals surface area contributed by atoms with E-state index in [0.29, 0.717) is 5.56 Å². The number of hydrogen-bond donors (Lipinski definition) is 1. The Labute approximate surface area is 107 Å². The molecular formula is C14H18N2O2. The topological polar surface area (TPSA) is 76.1 Å². The number of ether oxygens (including phenoxy) is 1. The van der Waals surface area contributed by atoms with Crippen LogP contribution in [0.2, 0.25) is 0 Å². The summed E-state index contributed by atoms with van der Waals surface area (Å²) >= 11 is 0. The third-order valence-electron chi connectivity index (χ3n) is 2.33. The summed E-state index contributed by atoms with van der Waals surface area (Å²) in [5.74, 6) is -1.22. The van der Waals surface area contributed by atoms with Gasteiger partial charge in [0.05, 0.1) is 6.07 Å². The van der Waals surface area contributed by atoms with Crippen LogP contribution in [0, 0.1) is 11.3 Å². The van der Waals surface area contributed by atoms with Crippen LogP contribution < -0.4 is 5.73 Å². The molecule has 96 valence electrons. The molecule has 0 unspecified atom stereocenters. The Kier molecular flexibility index (Phi) is 4.46. The van der Waals surface area contributed by atoms with Gasteiger partial charge in [0.2, 0.25) is 0 Å². The fraction of sp³-hybridized carbons (Fsp3) is 0.429. The van der Waals surface area contributed by atoms with Gasteiger partial charge in [-0.3, -0.25) is 4.79 Å². The molecule has 0 amide bonds.